The summed E-state index contributed by atoms with van der Waals surface area (Å²) in [5, 5.41) is 6.11. The number of amides is 1. The number of rotatable bonds is 5. The molecule has 1 aromatic rings. The molecule has 3 atom stereocenters. The molecular weight excluding hydrogens is 256 g/mol. The van der Waals surface area contributed by atoms with Crippen molar-refractivity contribution in [1.29, 1.82) is 0 Å². The lowest BCUT2D eigenvalue weighted by Gasteiger charge is -2.19. The summed E-state index contributed by atoms with van der Waals surface area (Å²) in [6.07, 6.45) is 0.131. The van der Waals surface area contributed by atoms with Crippen LogP contribution in [0.1, 0.15) is 25.5 Å². The van der Waals surface area contributed by atoms with Crippen LogP contribution in [0.4, 0.5) is 0 Å². The van der Waals surface area contributed by atoms with Crippen molar-refractivity contribution < 1.29 is 14.3 Å². The largest absolute Gasteiger partial charge is 0.486 e. The predicted molar refractivity (Wildman–Crippen MR) is 76.8 cm³/mol. The van der Waals surface area contributed by atoms with E-state index in [0.717, 1.165) is 24.4 Å². The molecule has 2 rings (SSSR count). The first-order valence-electron chi connectivity index (χ1n) is 6.87. The monoisotopic (exact) mass is 278 g/mol. The van der Waals surface area contributed by atoms with Crippen LogP contribution < -0.4 is 15.4 Å². The van der Waals surface area contributed by atoms with Gasteiger partial charge in [0.05, 0.1) is 6.04 Å². The van der Waals surface area contributed by atoms with Crippen molar-refractivity contribution in [2.45, 2.75) is 32.1 Å². The zero-order valence-corrected chi connectivity index (χ0v) is 12.2. The predicted octanol–water partition coefficient (Wildman–Crippen LogP) is 1.25. The van der Waals surface area contributed by atoms with E-state index in [-0.39, 0.29) is 24.2 Å². The van der Waals surface area contributed by atoms with Gasteiger partial charge in [-0.2, -0.15) is 0 Å². The average molecular weight is 278 g/mol. The normalized spacial score (nSPS) is 23.4. The van der Waals surface area contributed by atoms with Gasteiger partial charge in [-0.15, -0.1) is 0 Å². The molecule has 1 aromatic carbocycles. The van der Waals surface area contributed by atoms with E-state index < -0.39 is 0 Å². The number of carbonyl (C=O) groups is 1. The molecule has 5 heteroatoms. The van der Waals surface area contributed by atoms with Crippen LogP contribution in [0.5, 0.6) is 5.75 Å². The number of benzene rings is 1. The highest BCUT2D eigenvalue weighted by Gasteiger charge is 2.28. The van der Waals surface area contributed by atoms with Crippen LogP contribution in [-0.4, -0.2) is 38.3 Å². The zero-order valence-electron chi connectivity index (χ0n) is 12.2. The topological polar surface area (TPSA) is 59.6 Å². The molecule has 1 saturated heterocycles. The van der Waals surface area contributed by atoms with Crippen molar-refractivity contribution in [2.75, 3.05) is 20.2 Å². The van der Waals surface area contributed by atoms with Crippen molar-refractivity contribution in [3.63, 3.8) is 0 Å². The van der Waals surface area contributed by atoms with Crippen molar-refractivity contribution in [1.82, 2.24) is 10.6 Å². The SMILES string of the molecule is CO[C@H]1CNC[C@@H]1Oc1ccc([C@H](C)NC(C)=O)cc1. The van der Waals surface area contributed by atoms with E-state index in [1.54, 1.807) is 7.11 Å². The Morgan fingerprint density at radius 3 is 2.55 bits per heavy atom. The molecule has 1 aliphatic rings. The maximum Gasteiger partial charge on any atom is 0.217 e. The summed E-state index contributed by atoms with van der Waals surface area (Å²) in [6, 6.07) is 7.80. The number of carbonyl (C=O) groups excluding carboxylic acids is 1. The molecule has 0 radical (unpaired) electrons. The molecule has 1 fully saturated rings. The fourth-order valence-electron chi connectivity index (χ4n) is 2.38. The first-order valence-corrected chi connectivity index (χ1v) is 6.87. The Kier molecular flexibility index (Phi) is 4.98. The Hall–Kier alpha value is -1.59. The summed E-state index contributed by atoms with van der Waals surface area (Å²) < 4.78 is 11.3. The second kappa shape index (κ2) is 6.72. The third-order valence-corrected chi connectivity index (χ3v) is 3.50. The maximum atomic E-state index is 11.0. The smallest absolute Gasteiger partial charge is 0.217 e. The number of ether oxygens (including phenoxy) is 2. The quantitative estimate of drug-likeness (QED) is 0.851. The first kappa shape index (κ1) is 14.8. The van der Waals surface area contributed by atoms with Gasteiger partial charge in [0.25, 0.3) is 0 Å². The third-order valence-electron chi connectivity index (χ3n) is 3.50. The molecule has 0 aromatic heterocycles. The third kappa shape index (κ3) is 3.71. The van der Waals surface area contributed by atoms with E-state index in [4.69, 9.17) is 9.47 Å². The van der Waals surface area contributed by atoms with Crippen molar-refractivity contribution >= 4 is 5.91 Å². The molecule has 1 heterocycles. The minimum Gasteiger partial charge on any atom is -0.486 e. The van der Waals surface area contributed by atoms with Gasteiger partial charge >= 0.3 is 0 Å². The number of hydrogen-bond acceptors (Lipinski definition) is 4. The second-order valence-electron chi connectivity index (χ2n) is 5.08. The van der Waals surface area contributed by atoms with Gasteiger partial charge in [-0.1, -0.05) is 12.1 Å². The van der Waals surface area contributed by atoms with Crippen molar-refractivity contribution in [3.05, 3.63) is 29.8 Å². The van der Waals surface area contributed by atoms with Crippen LogP contribution >= 0.6 is 0 Å². The van der Waals surface area contributed by atoms with Crippen LogP contribution in [0, 0.1) is 0 Å². The minimum absolute atomic E-state index is 0.00132. The summed E-state index contributed by atoms with van der Waals surface area (Å²) >= 11 is 0. The summed E-state index contributed by atoms with van der Waals surface area (Å²) in [7, 11) is 1.70. The Labute approximate surface area is 119 Å². The Morgan fingerprint density at radius 2 is 1.95 bits per heavy atom. The summed E-state index contributed by atoms with van der Waals surface area (Å²) in [6.45, 7) is 5.09. The summed E-state index contributed by atoms with van der Waals surface area (Å²) in [5.41, 5.74) is 1.06. The summed E-state index contributed by atoms with van der Waals surface area (Å²) in [4.78, 5) is 11.0. The van der Waals surface area contributed by atoms with Gasteiger partial charge in [0.2, 0.25) is 5.91 Å². The van der Waals surface area contributed by atoms with Gasteiger partial charge in [-0.05, 0) is 24.6 Å². The second-order valence-corrected chi connectivity index (χ2v) is 5.08. The fraction of sp³-hybridized carbons (Fsp3) is 0.533. The van der Waals surface area contributed by atoms with Crippen LogP contribution in [0.15, 0.2) is 24.3 Å². The molecule has 0 spiro atoms. The van der Waals surface area contributed by atoms with E-state index in [2.05, 4.69) is 10.6 Å². The molecule has 2 N–H and O–H groups in total. The highest BCUT2D eigenvalue weighted by molar-refractivity contribution is 5.73. The molecule has 0 bridgehead atoms. The van der Waals surface area contributed by atoms with Crippen molar-refractivity contribution in [3.8, 4) is 5.75 Å². The van der Waals surface area contributed by atoms with Gasteiger partial charge < -0.3 is 20.1 Å². The van der Waals surface area contributed by atoms with Gasteiger partial charge in [0.1, 0.15) is 18.0 Å². The standard InChI is InChI=1S/C15H22N2O3/c1-10(17-11(2)18)12-4-6-13(7-5-12)20-15-9-16-8-14(15)19-3/h4-7,10,14-16H,8-9H2,1-3H3,(H,17,18)/t10-,14-,15-/m0/s1. The Bertz CT molecular complexity index is 447. The number of methoxy groups -OCH3 is 1. The Balaban J connectivity index is 1.96. The van der Waals surface area contributed by atoms with E-state index in [1.807, 2.05) is 31.2 Å². The van der Waals surface area contributed by atoms with Crippen LogP contribution in [0.2, 0.25) is 0 Å². The fourth-order valence-corrected chi connectivity index (χ4v) is 2.38. The molecule has 110 valence electrons. The van der Waals surface area contributed by atoms with E-state index in [0.29, 0.717) is 0 Å². The number of hydrogen-bond donors (Lipinski definition) is 2. The molecule has 1 amide bonds. The molecule has 20 heavy (non-hydrogen) atoms. The molecule has 0 unspecified atom stereocenters. The lowest BCUT2D eigenvalue weighted by atomic mass is 10.1. The van der Waals surface area contributed by atoms with E-state index in [1.165, 1.54) is 6.92 Å². The van der Waals surface area contributed by atoms with Crippen LogP contribution in [0.25, 0.3) is 0 Å². The highest BCUT2D eigenvalue weighted by Crippen LogP contribution is 2.20. The minimum atomic E-state index is -0.0298. The summed E-state index contributed by atoms with van der Waals surface area (Å²) in [5.74, 6) is 0.789. The van der Waals surface area contributed by atoms with Gasteiger partial charge in [0, 0.05) is 27.1 Å². The molecule has 1 aliphatic heterocycles. The zero-order chi connectivity index (χ0) is 14.5. The van der Waals surface area contributed by atoms with E-state index >= 15 is 0 Å². The highest BCUT2D eigenvalue weighted by atomic mass is 16.5. The first-order chi connectivity index (χ1) is 9.60. The van der Waals surface area contributed by atoms with Gasteiger partial charge in [0.15, 0.2) is 0 Å². The van der Waals surface area contributed by atoms with Crippen LogP contribution in [0.3, 0.4) is 0 Å². The molecule has 0 aliphatic carbocycles. The van der Waals surface area contributed by atoms with Crippen LogP contribution in [-0.2, 0) is 9.53 Å². The molecule has 5 nitrogen and oxygen atoms in total. The maximum absolute atomic E-state index is 11.0. The van der Waals surface area contributed by atoms with Gasteiger partial charge in [-0.25, -0.2) is 0 Å². The lowest BCUT2D eigenvalue weighted by molar-refractivity contribution is -0.119. The number of nitrogens with one attached hydrogen (secondary N) is 2. The molecular formula is C15H22N2O3. The lowest BCUT2D eigenvalue weighted by Crippen LogP contribution is -2.31. The average Bonchev–Trinajstić information content (AvgIpc) is 2.86. The van der Waals surface area contributed by atoms with Gasteiger partial charge in [-0.3, -0.25) is 4.79 Å². The van der Waals surface area contributed by atoms with E-state index in [9.17, 15) is 4.79 Å². The Morgan fingerprint density at radius 1 is 1.30 bits per heavy atom. The van der Waals surface area contributed by atoms with Crippen molar-refractivity contribution in [2.24, 2.45) is 0 Å². The molecule has 0 saturated carbocycles.